The molecule has 2 aromatic carbocycles. The summed E-state index contributed by atoms with van der Waals surface area (Å²) < 4.78 is 12.1. The molecule has 2 fully saturated rings. The number of nitrogens with one attached hydrogen (secondary N) is 2. The van der Waals surface area contributed by atoms with E-state index in [1.54, 1.807) is 0 Å². The number of rotatable bonds is 5. The van der Waals surface area contributed by atoms with Crippen molar-refractivity contribution < 1.29 is 14.3 Å². The number of ether oxygens (including phenoxy) is 2. The van der Waals surface area contributed by atoms with E-state index in [1.807, 2.05) is 54.6 Å². The molecule has 30 heavy (non-hydrogen) atoms. The SMILES string of the molecule is O=C(NCC1C[C@H]2CC[C@@H](C1)N2CC1COc2ccccc2O1)Nc1ccccc1. The van der Waals surface area contributed by atoms with Crippen LogP contribution < -0.4 is 20.1 Å². The van der Waals surface area contributed by atoms with Crippen molar-refractivity contribution in [3.8, 4) is 11.5 Å². The Morgan fingerprint density at radius 3 is 2.43 bits per heavy atom. The molecule has 2 unspecified atom stereocenters. The summed E-state index contributed by atoms with van der Waals surface area (Å²) in [6.45, 7) is 2.26. The van der Waals surface area contributed by atoms with Crippen LogP contribution in [0.1, 0.15) is 25.7 Å². The number of benzene rings is 2. The second-order valence-electron chi connectivity index (χ2n) is 8.62. The van der Waals surface area contributed by atoms with Crippen LogP contribution in [0.5, 0.6) is 11.5 Å². The highest BCUT2D eigenvalue weighted by atomic mass is 16.6. The van der Waals surface area contributed by atoms with E-state index >= 15 is 0 Å². The standard InChI is InChI=1S/C24H29N3O3/c28-24(26-18-6-2-1-3-7-18)25-14-17-12-19-10-11-20(13-17)27(19)15-21-16-29-22-8-4-5-9-23(22)30-21/h1-9,17,19-21H,10-16H2,(H2,25,26,28)/t17?,19-,20+,21?. The molecule has 3 heterocycles. The fourth-order valence-electron chi connectivity index (χ4n) is 5.17. The number of nitrogens with zero attached hydrogens (tertiary/aromatic N) is 1. The highest BCUT2D eigenvalue weighted by Crippen LogP contribution is 2.39. The van der Waals surface area contributed by atoms with Crippen LogP contribution in [0.25, 0.3) is 0 Å². The molecule has 5 rings (SSSR count). The molecule has 2 amide bonds. The Morgan fingerprint density at radius 1 is 0.967 bits per heavy atom. The van der Waals surface area contributed by atoms with Gasteiger partial charge >= 0.3 is 6.03 Å². The van der Waals surface area contributed by atoms with Crippen LogP contribution >= 0.6 is 0 Å². The van der Waals surface area contributed by atoms with Crippen LogP contribution in [0.4, 0.5) is 10.5 Å². The summed E-state index contributed by atoms with van der Waals surface area (Å²) in [6, 6.07) is 18.5. The van der Waals surface area contributed by atoms with E-state index in [0.29, 0.717) is 24.6 Å². The molecule has 0 radical (unpaired) electrons. The van der Waals surface area contributed by atoms with Gasteiger partial charge in [-0.15, -0.1) is 0 Å². The van der Waals surface area contributed by atoms with Gasteiger partial charge in [-0.2, -0.15) is 0 Å². The summed E-state index contributed by atoms with van der Waals surface area (Å²) in [5, 5.41) is 5.96. The lowest BCUT2D eigenvalue weighted by Gasteiger charge is -2.41. The molecule has 0 aliphatic carbocycles. The molecule has 2 saturated heterocycles. The lowest BCUT2D eigenvalue weighted by atomic mass is 9.90. The van der Waals surface area contributed by atoms with E-state index in [2.05, 4.69) is 15.5 Å². The summed E-state index contributed by atoms with van der Waals surface area (Å²) in [5.74, 6) is 2.23. The van der Waals surface area contributed by atoms with Gasteiger partial charge in [0.1, 0.15) is 12.7 Å². The number of para-hydroxylation sites is 3. The zero-order valence-electron chi connectivity index (χ0n) is 17.1. The van der Waals surface area contributed by atoms with Crippen LogP contribution in [0.15, 0.2) is 54.6 Å². The van der Waals surface area contributed by atoms with E-state index in [4.69, 9.17) is 9.47 Å². The Bertz CT molecular complexity index is 861. The lowest BCUT2D eigenvalue weighted by Crippen LogP contribution is -2.50. The second kappa shape index (κ2) is 8.56. The third-order valence-corrected chi connectivity index (χ3v) is 6.55. The molecule has 3 aliphatic heterocycles. The van der Waals surface area contributed by atoms with E-state index in [0.717, 1.165) is 43.1 Å². The fraction of sp³-hybridized carbons (Fsp3) is 0.458. The minimum absolute atomic E-state index is 0.0781. The number of hydrogen-bond donors (Lipinski definition) is 2. The maximum Gasteiger partial charge on any atom is 0.319 e. The Kier molecular flexibility index (Phi) is 5.49. The van der Waals surface area contributed by atoms with Gasteiger partial charge in [0.05, 0.1) is 0 Å². The Morgan fingerprint density at radius 2 is 1.67 bits per heavy atom. The van der Waals surface area contributed by atoms with Crippen molar-refractivity contribution in [1.29, 1.82) is 0 Å². The van der Waals surface area contributed by atoms with Gasteiger partial charge in [-0.3, -0.25) is 4.90 Å². The first-order valence-electron chi connectivity index (χ1n) is 11.0. The molecule has 0 saturated carbocycles. The van der Waals surface area contributed by atoms with E-state index in [1.165, 1.54) is 12.8 Å². The van der Waals surface area contributed by atoms with Crippen LogP contribution in [0.3, 0.4) is 0 Å². The number of carbonyl (C=O) groups excluding carboxylic acids is 1. The molecule has 158 valence electrons. The molecule has 6 nitrogen and oxygen atoms in total. The van der Waals surface area contributed by atoms with Crippen molar-refractivity contribution in [3.05, 3.63) is 54.6 Å². The number of anilines is 1. The molecule has 2 bridgehead atoms. The van der Waals surface area contributed by atoms with Gasteiger partial charge in [0, 0.05) is 30.9 Å². The van der Waals surface area contributed by atoms with Crippen molar-refractivity contribution in [3.63, 3.8) is 0 Å². The molecule has 6 heteroatoms. The molecule has 0 aromatic heterocycles. The summed E-state index contributed by atoms with van der Waals surface area (Å²) >= 11 is 0. The monoisotopic (exact) mass is 407 g/mol. The van der Waals surface area contributed by atoms with Crippen molar-refractivity contribution in [2.24, 2.45) is 5.92 Å². The molecular formula is C24H29N3O3. The normalized spacial score (nSPS) is 27.5. The summed E-state index contributed by atoms with van der Waals surface area (Å²) in [6.07, 6.45) is 4.82. The average molecular weight is 408 g/mol. The van der Waals surface area contributed by atoms with Crippen LogP contribution in [-0.2, 0) is 0 Å². The highest BCUT2D eigenvalue weighted by molar-refractivity contribution is 5.89. The lowest BCUT2D eigenvalue weighted by molar-refractivity contribution is 0.0210. The number of hydrogen-bond acceptors (Lipinski definition) is 4. The number of piperidine rings is 1. The predicted molar refractivity (Wildman–Crippen MR) is 116 cm³/mol. The third kappa shape index (κ3) is 4.24. The zero-order valence-corrected chi connectivity index (χ0v) is 17.1. The zero-order chi connectivity index (χ0) is 20.3. The first kappa shape index (κ1) is 19.2. The summed E-state index contributed by atoms with van der Waals surface area (Å²) in [4.78, 5) is 14.8. The Hall–Kier alpha value is -2.73. The Balaban J connectivity index is 1.11. The first-order valence-corrected chi connectivity index (χ1v) is 11.0. The molecule has 4 atom stereocenters. The minimum Gasteiger partial charge on any atom is -0.486 e. The number of urea groups is 1. The molecule has 2 aromatic rings. The second-order valence-corrected chi connectivity index (χ2v) is 8.62. The maximum atomic E-state index is 12.2. The van der Waals surface area contributed by atoms with Crippen molar-refractivity contribution >= 4 is 11.7 Å². The molecule has 0 spiro atoms. The molecule has 2 N–H and O–H groups in total. The van der Waals surface area contributed by atoms with Crippen LogP contribution in [-0.4, -0.2) is 48.8 Å². The van der Waals surface area contributed by atoms with Gasteiger partial charge in [0.2, 0.25) is 0 Å². The average Bonchev–Trinajstić information content (AvgIpc) is 3.00. The number of carbonyl (C=O) groups is 1. The van der Waals surface area contributed by atoms with Gasteiger partial charge in [-0.1, -0.05) is 30.3 Å². The van der Waals surface area contributed by atoms with Gasteiger partial charge in [-0.25, -0.2) is 4.79 Å². The van der Waals surface area contributed by atoms with E-state index in [-0.39, 0.29) is 12.1 Å². The largest absolute Gasteiger partial charge is 0.486 e. The quantitative estimate of drug-likeness (QED) is 0.789. The molecular weight excluding hydrogens is 378 g/mol. The topological polar surface area (TPSA) is 62.8 Å². The Labute approximate surface area is 177 Å². The summed E-state index contributed by atoms with van der Waals surface area (Å²) in [7, 11) is 0. The fourth-order valence-corrected chi connectivity index (χ4v) is 5.17. The first-order chi connectivity index (χ1) is 14.7. The minimum atomic E-state index is -0.123. The number of fused-ring (bicyclic) bond motifs is 3. The van der Waals surface area contributed by atoms with Crippen molar-refractivity contribution in [2.45, 2.75) is 43.9 Å². The highest BCUT2D eigenvalue weighted by Gasteiger charge is 2.42. The van der Waals surface area contributed by atoms with Crippen LogP contribution in [0, 0.1) is 5.92 Å². The maximum absolute atomic E-state index is 12.2. The third-order valence-electron chi connectivity index (χ3n) is 6.55. The predicted octanol–water partition coefficient (Wildman–Crippen LogP) is 3.89. The van der Waals surface area contributed by atoms with Crippen molar-refractivity contribution in [1.82, 2.24) is 10.2 Å². The smallest absolute Gasteiger partial charge is 0.319 e. The number of amides is 2. The van der Waals surface area contributed by atoms with Gasteiger partial charge in [0.25, 0.3) is 0 Å². The summed E-state index contributed by atoms with van der Waals surface area (Å²) in [5.41, 5.74) is 0.821. The van der Waals surface area contributed by atoms with Gasteiger partial charge < -0.3 is 20.1 Å². The van der Waals surface area contributed by atoms with Gasteiger partial charge in [-0.05, 0) is 55.9 Å². The van der Waals surface area contributed by atoms with E-state index < -0.39 is 0 Å². The van der Waals surface area contributed by atoms with Crippen LogP contribution in [0.2, 0.25) is 0 Å². The molecule has 3 aliphatic rings. The van der Waals surface area contributed by atoms with Crippen molar-refractivity contribution in [2.75, 3.05) is 25.0 Å². The van der Waals surface area contributed by atoms with E-state index in [9.17, 15) is 4.79 Å². The van der Waals surface area contributed by atoms with Gasteiger partial charge in [0.15, 0.2) is 11.5 Å².